The molecule has 1 fully saturated rings. The van der Waals surface area contributed by atoms with Gasteiger partial charge >= 0.3 is 0 Å². The molecule has 7 heteroatoms. The van der Waals surface area contributed by atoms with Gasteiger partial charge in [-0.15, -0.1) is 0 Å². The van der Waals surface area contributed by atoms with Gasteiger partial charge < -0.3 is 19.4 Å². The number of hydrogen-bond donors (Lipinski definition) is 1. The van der Waals surface area contributed by atoms with E-state index < -0.39 is 5.56 Å². The van der Waals surface area contributed by atoms with Crippen LogP contribution in [0.4, 0.5) is 5.82 Å². The summed E-state index contributed by atoms with van der Waals surface area (Å²) in [6.07, 6.45) is 0.111. The number of para-hydroxylation sites is 1. The zero-order valence-corrected chi connectivity index (χ0v) is 13.4. The van der Waals surface area contributed by atoms with E-state index in [0.29, 0.717) is 18.9 Å². The van der Waals surface area contributed by atoms with E-state index in [1.807, 2.05) is 38.1 Å². The number of morpholine rings is 1. The molecule has 0 aliphatic carbocycles. The van der Waals surface area contributed by atoms with Gasteiger partial charge in [-0.1, -0.05) is 17.3 Å². The Morgan fingerprint density at radius 1 is 1.26 bits per heavy atom. The molecular formula is C16H20N4O3. The number of aryl methyl sites for hydroxylation is 1. The molecule has 0 bridgehead atoms. The molecule has 122 valence electrons. The maximum Gasteiger partial charge on any atom is 0.299 e. The van der Waals surface area contributed by atoms with Gasteiger partial charge in [-0.3, -0.25) is 4.79 Å². The molecule has 7 nitrogen and oxygen atoms in total. The third-order valence-corrected chi connectivity index (χ3v) is 4.03. The number of hydrogen-bond acceptors (Lipinski definition) is 6. The number of fused-ring (bicyclic) bond motifs is 1. The summed E-state index contributed by atoms with van der Waals surface area (Å²) in [6, 6.07) is 7.55. The van der Waals surface area contributed by atoms with E-state index >= 15 is 0 Å². The smallest absolute Gasteiger partial charge is 0.299 e. The molecule has 0 spiro atoms. The van der Waals surface area contributed by atoms with E-state index in [0.717, 1.165) is 10.9 Å². The van der Waals surface area contributed by atoms with Crippen molar-refractivity contribution in [2.24, 2.45) is 12.2 Å². The molecule has 1 aliphatic rings. The Bertz CT molecular complexity index is 852. The summed E-state index contributed by atoms with van der Waals surface area (Å²) in [7, 11) is 1.65. The summed E-state index contributed by atoms with van der Waals surface area (Å²) in [5, 5.41) is 13.1. The first-order valence-electron chi connectivity index (χ1n) is 7.60. The molecular weight excluding hydrogens is 296 g/mol. The Morgan fingerprint density at radius 2 is 1.91 bits per heavy atom. The van der Waals surface area contributed by atoms with Gasteiger partial charge in [0.2, 0.25) is 0 Å². The maximum absolute atomic E-state index is 12.4. The Balaban J connectivity index is 2.35. The van der Waals surface area contributed by atoms with E-state index in [-0.39, 0.29) is 17.7 Å². The lowest BCUT2D eigenvalue weighted by atomic mass is 10.2. The van der Waals surface area contributed by atoms with E-state index in [4.69, 9.17) is 4.74 Å². The molecule has 1 saturated heterocycles. The molecule has 0 radical (unpaired) electrons. The van der Waals surface area contributed by atoms with Crippen molar-refractivity contribution in [1.29, 1.82) is 0 Å². The summed E-state index contributed by atoms with van der Waals surface area (Å²) >= 11 is 0. The Labute approximate surface area is 133 Å². The second-order valence-electron chi connectivity index (χ2n) is 5.90. The lowest BCUT2D eigenvalue weighted by Crippen LogP contribution is -2.46. The molecule has 23 heavy (non-hydrogen) atoms. The van der Waals surface area contributed by atoms with Gasteiger partial charge in [-0.05, 0) is 26.0 Å². The first kappa shape index (κ1) is 15.5. The van der Waals surface area contributed by atoms with Crippen molar-refractivity contribution in [3.8, 4) is 0 Å². The molecule has 2 heterocycles. The van der Waals surface area contributed by atoms with Crippen LogP contribution in [0, 0.1) is 0 Å². The van der Waals surface area contributed by atoms with Gasteiger partial charge in [0.15, 0.2) is 0 Å². The van der Waals surface area contributed by atoms with Crippen LogP contribution in [0.3, 0.4) is 0 Å². The highest BCUT2D eigenvalue weighted by Crippen LogP contribution is 2.24. The van der Waals surface area contributed by atoms with Crippen molar-refractivity contribution >= 4 is 16.7 Å². The average Bonchev–Trinajstić information content (AvgIpc) is 2.63. The van der Waals surface area contributed by atoms with Crippen molar-refractivity contribution < 1.29 is 9.94 Å². The number of aromatic nitrogens is 2. The minimum Gasteiger partial charge on any atom is -0.409 e. The first-order chi connectivity index (χ1) is 11.0. The largest absolute Gasteiger partial charge is 0.409 e. The fraction of sp³-hybridized carbons (Fsp3) is 0.438. The second-order valence-corrected chi connectivity index (χ2v) is 5.90. The quantitative estimate of drug-likeness (QED) is 0.623. The van der Waals surface area contributed by atoms with E-state index in [2.05, 4.69) is 15.0 Å². The molecule has 0 unspecified atom stereocenters. The number of nitrogens with zero attached hydrogens (tertiary/aromatic N) is 4. The van der Waals surface area contributed by atoms with Crippen molar-refractivity contribution in [3.63, 3.8) is 0 Å². The summed E-state index contributed by atoms with van der Waals surface area (Å²) in [5.74, 6) is 0.633. The highest BCUT2D eigenvalue weighted by molar-refractivity contribution is 5.89. The van der Waals surface area contributed by atoms with Crippen LogP contribution in [-0.2, 0) is 11.8 Å². The van der Waals surface area contributed by atoms with E-state index in [1.54, 1.807) is 7.05 Å². The molecule has 2 aromatic rings. The molecule has 2 atom stereocenters. The zero-order valence-electron chi connectivity index (χ0n) is 13.4. The van der Waals surface area contributed by atoms with Gasteiger partial charge in [0, 0.05) is 25.5 Å². The van der Waals surface area contributed by atoms with Crippen molar-refractivity contribution in [2.75, 3.05) is 18.0 Å². The predicted octanol–water partition coefficient (Wildman–Crippen LogP) is 0.837. The standard InChI is InChI=1S/C16H20N4O3/c1-10-8-20(9-11(2)23-10)15-12-6-4-5-7-13(12)19(3)16(21)14(17-15)18-22/h4-7,10-11,22H,8-9H2,1-3H3/t10-,11+. The van der Waals surface area contributed by atoms with Crippen LogP contribution in [0.1, 0.15) is 13.8 Å². The third-order valence-electron chi connectivity index (χ3n) is 4.03. The van der Waals surface area contributed by atoms with Crippen LogP contribution in [0.15, 0.2) is 34.2 Å². The lowest BCUT2D eigenvalue weighted by Gasteiger charge is -2.36. The molecule has 1 aromatic carbocycles. The summed E-state index contributed by atoms with van der Waals surface area (Å²) in [5.41, 5.74) is 0.0801. The van der Waals surface area contributed by atoms with Gasteiger partial charge in [0.1, 0.15) is 5.82 Å². The zero-order chi connectivity index (χ0) is 16.6. The number of anilines is 1. The third kappa shape index (κ3) is 2.79. The molecule has 3 rings (SSSR count). The van der Waals surface area contributed by atoms with Gasteiger partial charge in [-0.2, -0.15) is 0 Å². The topological polar surface area (TPSA) is 80.0 Å². The normalized spacial score (nSPS) is 22.6. The van der Waals surface area contributed by atoms with Crippen LogP contribution in [0.5, 0.6) is 0 Å². The first-order valence-corrected chi connectivity index (χ1v) is 7.60. The highest BCUT2D eigenvalue weighted by atomic mass is 16.5. The predicted molar refractivity (Wildman–Crippen MR) is 86.6 cm³/mol. The minimum absolute atomic E-state index is 0.0554. The van der Waals surface area contributed by atoms with Gasteiger partial charge in [0.05, 0.1) is 17.7 Å². The highest BCUT2D eigenvalue weighted by Gasteiger charge is 2.25. The average molecular weight is 316 g/mol. The summed E-state index contributed by atoms with van der Waals surface area (Å²) < 4.78 is 7.22. The monoisotopic (exact) mass is 316 g/mol. The van der Waals surface area contributed by atoms with Crippen LogP contribution < -0.4 is 15.9 Å². The van der Waals surface area contributed by atoms with E-state index in [1.165, 1.54) is 4.57 Å². The van der Waals surface area contributed by atoms with Gasteiger partial charge in [-0.25, -0.2) is 4.98 Å². The molecule has 0 saturated carbocycles. The maximum atomic E-state index is 12.4. The Hall–Kier alpha value is -2.41. The molecule has 1 N–H and O–H groups in total. The fourth-order valence-electron chi connectivity index (χ4n) is 3.08. The molecule has 1 aromatic heterocycles. The van der Waals surface area contributed by atoms with Crippen LogP contribution in [-0.4, -0.2) is 40.1 Å². The summed E-state index contributed by atoms with van der Waals surface area (Å²) in [6.45, 7) is 5.33. The van der Waals surface area contributed by atoms with Crippen molar-refractivity contribution in [1.82, 2.24) is 9.55 Å². The number of ether oxygens (including phenoxy) is 1. The molecule has 0 amide bonds. The number of benzene rings is 1. The SMILES string of the molecule is C[C@@H]1CN(c2nc(=NO)c(=O)n(C)c3ccccc23)C[C@H](C)O1. The summed E-state index contributed by atoms with van der Waals surface area (Å²) in [4.78, 5) is 18.8. The molecule has 1 aliphatic heterocycles. The van der Waals surface area contributed by atoms with Crippen LogP contribution >= 0.6 is 0 Å². The number of rotatable bonds is 1. The Morgan fingerprint density at radius 3 is 2.57 bits per heavy atom. The van der Waals surface area contributed by atoms with E-state index in [9.17, 15) is 10.0 Å². The van der Waals surface area contributed by atoms with Gasteiger partial charge in [0.25, 0.3) is 11.0 Å². The van der Waals surface area contributed by atoms with Crippen molar-refractivity contribution in [2.45, 2.75) is 26.1 Å². The lowest BCUT2D eigenvalue weighted by molar-refractivity contribution is -0.00537. The Kier molecular flexibility index (Phi) is 4.04. The second kappa shape index (κ2) is 6.00. The fourth-order valence-corrected chi connectivity index (χ4v) is 3.08. The van der Waals surface area contributed by atoms with Crippen molar-refractivity contribution in [3.05, 3.63) is 40.1 Å². The van der Waals surface area contributed by atoms with Crippen LogP contribution in [0.2, 0.25) is 0 Å². The minimum atomic E-state index is -0.440. The van der Waals surface area contributed by atoms with Crippen LogP contribution in [0.25, 0.3) is 10.9 Å².